The van der Waals surface area contributed by atoms with Crippen LogP contribution >= 0.6 is 0 Å². The molecular formula is C15H19N5O3. The van der Waals surface area contributed by atoms with E-state index < -0.39 is 12.2 Å². The van der Waals surface area contributed by atoms with Gasteiger partial charge in [0, 0.05) is 29.4 Å². The second-order valence-corrected chi connectivity index (χ2v) is 5.60. The van der Waals surface area contributed by atoms with Crippen molar-refractivity contribution in [2.75, 3.05) is 49.2 Å². The molecule has 2 heterocycles. The highest BCUT2D eigenvalue weighted by Crippen LogP contribution is 2.28. The Bertz CT molecular complexity index is 638. The van der Waals surface area contributed by atoms with E-state index in [0.717, 1.165) is 43.2 Å². The summed E-state index contributed by atoms with van der Waals surface area (Å²) in [5.74, 6) is 0. The fourth-order valence-electron chi connectivity index (χ4n) is 2.92. The van der Waals surface area contributed by atoms with E-state index in [1.807, 2.05) is 25.1 Å². The van der Waals surface area contributed by atoms with E-state index >= 15 is 0 Å². The van der Waals surface area contributed by atoms with Gasteiger partial charge in [-0.3, -0.25) is 4.90 Å². The zero-order valence-corrected chi connectivity index (χ0v) is 13.0. The van der Waals surface area contributed by atoms with Crippen molar-refractivity contribution in [3.63, 3.8) is 0 Å². The first kappa shape index (κ1) is 15.5. The molecule has 2 aliphatic heterocycles. The summed E-state index contributed by atoms with van der Waals surface area (Å²) < 4.78 is 10.6. The van der Waals surface area contributed by atoms with Gasteiger partial charge in [0.2, 0.25) is 0 Å². The molecule has 1 amide bonds. The lowest BCUT2D eigenvalue weighted by molar-refractivity contribution is 0.122. The van der Waals surface area contributed by atoms with Crippen molar-refractivity contribution in [3.8, 4) is 0 Å². The first-order valence-electron chi connectivity index (χ1n) is 7.61. The number of amides is 1. The van der Waals surface area contributed by atoms with Crippen LogP contribution in [-0.4, -0.2) is 51.6 Å². The van der Waals surface area contributed by atoms with E-state index in [4.69, 9.17) is 15.0 Å². The summed E-state index contributed by atoms with van der Waals surface area (Å²) in [5.41, 5.74) is 11.4. The van der Waals surface area contributed by atoms with Crippen LogP contribution in [0.1, 0.15) is 5.56 Å². The minimum atomic E-state index is -0.401. The number of benzene rings is 1. The van der Waals surface area contributed by atoms with Gasteiger partial charge in [-0.1, -0.05) is 5.11 Å². The quantitative estimate of drug-likeness (QED) is 0.484. The lowest BCUT2D eigenvalue weighted by Gasteiger charge is -2.30. The molecule has 23 heavy (non-hydrogen) atoms. The Morgan fingerprint density at radius 1 is 1.39 bits per heavy atom. The molecule has 8 heteroatoms. The van der Waals surface area contributed by atoms with Gasteiger partial charge in [-0.05, 0) is 36.2 Å². The molecule has 1 aromatic rings. The van der Waals surface area contributed by atoms with E-state index in [1.54, 1.807) is 4.90 Å². The fourth-order valence-corrected chi connectivity index (χ4v) is 2.92. The highest BCUT2D eigenvalue weighted by atomic mass is 16.6. The Morgan fingerprint density at radius 2 is 2.17 bits per heavy atom. The zero-order valence-electron chi connectivity index (χ0n) is 13.0. The molecule has 1 aromatic carbocycles. The van der Waals surface area contributed by atoms with Gasteiger partial charge in [0.05, 0.1) is 26.3 Å². The van der Waals surface area contributed by atoms with E-state index in [0.29, 0.717) is 6.54 Å². The molecule has 0 aromatic heterocycles. The van der Waals surface area contributed by atoms with Crippen LogP contribution in [0.4, 0.5) is 16.2 Å². The number of carbonyl (C=O) groups excluding carboxylic acids is 1. The average molecular weight is 317 g/mol. The summed E-state index contributed by atoms with van der Waals surface area (Å²) in [6.07, 6.45) is -0.792. The molecule has 2 aliphatic rings. The third kappa shape index (κ3) is 3.33. The molecule has 0 N–H and O–H groups in total. The van der Waals surface area contributed by atoms with E-state index in [-0.39, 0.29) is 6.54 Å². The van der Waals surface area contributed by atoms with Crippen LogP contribution < -0.4 is 9.80 Å². The maximum absolute atomic E-state index is 12.0. The molecule has 2 fully saturated rings. The van der Waals surface area contributed by atoms with E-state index in [9.17, 15) is 4.79 Å². The maximum atomic E-state index is 12.0. The summed E-state index contributed by atoms with van der Waals surface area (Å²) in [7, 11) is 0. The average Bonchev–Trinajstić information content (AvgIpc) is 2.94. The number of carbonyl (C=O) groups is 1. The van der Waals surface area contributed by atoms with Crippen molar-refractivity contribution in [3.05, 3.63) is 34.2 Å². The Hall–Kier alpha value is -2.44. The van der Waals surface area contributed by atoms with Gasteiger partial charge >= 0.3 is 6.09 Å². The number of hydrogen-bond donors (Lipinski definition) is 0. The number of aryl methyl sites for hydroxylation is 1. The normalized spacial score (nSPS) is 21.1. The van der Waals surface area contributed by atoms with Crippen molar-refractivity contribution < 1.29 is 14.3 Å². The number of hydrogen-bond acceptors (Lipinski definition) is 5. The number of nitrogens with zero attached hydrogens (tertiary/aromatic N) is 5. The standard InChI is InChI=1S/C15H19N5O3/c1-11-8-12(2-3-14(11)19-4-6-22-7-5-19)20-10-13(9-17-18-16)23-15(20)21/h2-3,8,13H,4-7,9-10H2,1H3/t13-/m0/s1. The van der Waals surface area contributed by atoms with Crippen LogP contribution in [0.2, 0.25) is 0 Å². The van der Waals surface area contributed by atoms with Crippen LogP contribution in [0.25, 0.3) is 10.4 Å². The van der Waals surface area contributed by atoms with Gasteiger partial charge in [0.25, 0.3) is 0 Å². The van der Waals surface area contributed by atoms with Gasteiger partial charge in [0.1, 0.15) is 6.10 Å². The Morgan fingerprint density at radius 3 is 2.87 bits per heavy atom. The van der Waals surface area contributed by atoms with Crippen LogP contribution in [-0.2, 0) is 9.47 Å². The number of morpholine rings is 1. The summed E-state index contributed by atoms with van der Waals surface area (Å²) >= 11 is 0. The van der Waals surface area contributed by atoms with Gasteiger partial charge < -0.3 is 14.4 Å². The molecule has 0 bridgehead atoms. The molecule has 0 spiro atoms. The Kier molecular flexibility index (Phi) is 4.55. The summed E-state index contributed by atoms with van der Waals surface area (Å²) in [5, 5.41) is 3.47. The number of anilines is 2. The first-order chi connectivity index (χ1) is 11.2. The zero-order chi connectivity index (χ0) is 16.2. The maximum Gasteiger partial charge on any atom is 0.414 e. The van der Waals surface area contributed by atoms with Crippen LogP contribution in [0.3, 0.4) is 0 Å². The lowest BCUT2D eigenvalue weighted by atomic mass is 10.1. The van der Waals surface area contributed by atoms with Crippen molar-refractivity contribution in [1.29, 1.82) is 0 Å². The fraction of sp³-hybridized carbons (Fsp3) is 0.533. The molecule has 0 aliphatic carbocycles. The topological polar surface area (TPSA) is 90.8 Å². The molecular weight excluding hydrogens is 298 g/mol. The number of ether oxygens (including phenoxy) is 2. The predicted octanol–water partition coefficient (Wildman–Crippen LogP) is 2.47. The van der Waals surface area contributed by atoms with Crippen molar-refractivity contribution in [1.82, 2.24) is 0 Å². The van der Waals surface area contributed by atoms with Crippen LogP contribution in [0.5, 0.6) is 0 Å². The molecule has 0 saturated carbocycles. The van der Waals surface area contributed by atoms with Crippen LogP contribution in [0.15, 0.2) is 23.3 Å². The molecule has 1 atom stereocenters. The third-order valence-electron chi connectivity index (χ3n) is 4.07. The van der Waals surface area contributed by atoms with E-state index in [2.05, 4.69) is 14.9 Å². The van der Waals surface area contributed by atoms with Gasteiger partial charge in [-0.2, -0.15) is 0 Å². The van der Waals surface area contributed by atoms with Crippen molar-refractivity contribution in [2.45, 2.75) is 13.0 Å². The molecule has 122 valence electrons. The summed E-state index contributed by atoms with van der Waals surface area (Å²) in [4.78, 5) is 18.6. The largest absolute Gasteiger partial charge is 0.444 e. The monoisotopic (exact) mass is 317 g/mol. The van der Waals surface area contributed by atoms with Gasteiger partial charge in [-0.15, -0.1) is 0 Å². The van der Waals surface area contributed by atoms with Crippen molar-refractivity contribution in [2.24, 2.45) is 5.11 Å². The number of rotatable bonds is 4. The highest BCUT2D eigenvalue weighted by Gasteiger charge is 2.32. The SMILES string of the molecule is Cc1cc(N2C[C@H](CN=[N+]=[N-])OC2=O)ccc1N1CCOCC1. The van der Waals surface area contributed by atoms with Crippen LogP contribution in [0, 0.1) is 6.92 Å². The summed E-state index contributed by atoms with van der Waals surface area (Å²) in [6, 6.07) is 5.95. The van der Waals surface area contributed by atoms with Gasteiger partial charge in [-0.25, -0.2) is 4.79 Å². The first-order valence-corrected chi connectivity index (χ1v) is 7.61. The van der Waals surface area contributed by atoms with Crippen molar-refractivity contribution >= 4 is 17.5 Å². The molecule has 2 saturated heterocycles. The third-order valence-corrected chi connectivity index (χ3v) is 4.07. The smallest absolute Gasteiger partial charge is 0.414 e. The van der Waals surface area contributed by atoms with E-state index in [1.165, 1.54) is 0 Å². The molecule has 3 rings (SSSR count). The second-order valence-electron chi connectivity index (χ2n) is 5.60. The minimum Gasteiger partial charge on any atom is -0.444 e. The second kappa shape index (κ2) is 6.76. The lowest BCUT2D eigenvalue weighted by Crippen LogP contribution is -2.36. The molecule has 0 radical (unpaired) electrons. The van der Waals surface area contributed by atoms with Gasteiger partial charge in [0.15, 0.2) is 0 Å². The Balaban J connectivity index is 1.74. The summed E-state index contributed by atoms with van der Waals surface area (Å²) in [6.45, 7) is 5.81. The molecule has 8 nitrogen and oxygen atoms in total. The highest BCUT2D eigenvalue weighted by molar-refractivity contribution is 5.90. The number of cyclic esters (lactones) is 1. The Labute approximate surface area is 134 Å². The minimum absolute atomic E-state index is 0.156. The number of azide groups is 1. The molecule has 0 unspecified atom stereocenters. The predicted molar refractivity (Wildman–Crippen MR) is 85.8 cm³/mol.